The van der Waals surface area contributed by atoms with Crippen molar-refractivity contribution in [2.75, 3.05) is 43.4 Å². The molecule has 1 N–H and O–H groups in total. The quantitative estimate of drug-likeness (QED) is 0.437. The number of nitrogens with one attached hydrogen (secondary N) is 1. The summed E-state index contributed by atoms with van der Waals surface area (Å²) >= 11 is 0. The standard InChI is InChI=1S/C21H24N6O5/c1-24-9-11-25(12-10-24)19-7-4-15(14-22-19)23-20(28)3-2-8-26-17-6-5-16(27(30)31)13-18(17)32-21(26)29/h4-7,13-14H,2-3,8-12H2,1H3,(H,23,28). The number of nitrogens with zero attached hydrogens (tertiary/aromatic N) is 5. The molecular formula is C21H24N6O5. The number of pyridine rings is 1. The van der Waals surface area contributed by atoms with E-state index in [0.717, 1.165) is 32.0 Å². The summed E-state index contributed by atoms with van der Waals surface area (Å²) in [4.78, 5) is 43.6. The molecular weight excluding hydrogens is 416 g/mol. The van der Waals surface area contributed by atoms with Crippen LogP contribution in [0.15, 0.2) is 45.7 Å². The number of benzene rings is 1. The molecule has 0 atom stereocenters. The highest BCUT2D eigenvalue weighted by Gasteiger charge is 2.16. The highest BCUT2D eigenvalue weighted by molar-refractivity contribution is 5.90. The average Bonchev–Trinajstić information content (AvgIpc) is 3.09. The van der Waals surface area contributed by atoms with E-state index >= 15 is 0 Å². The second kappa shape index (κ2) is 9.18. The zero-order chi connectivity index (χ0) is 22.7. The van der Waals surface area contributed by atoms with E-state index in [9.17, 15) is 19.7 Å². The van der Waals surface area contributed by atoms with Gasteiger partial charge >= 0.3 is 5.76 Å². The number of aryl methyl sites for hydroxylation is 1. The minimum Gasteiger partial charge on any atom is -0.407 e. The lowest BCUT2D eigenvalue weighted by Gasteiger charge is -2.33. The third-order valence-electron chi connectivity index (χ3n) is 5.51. The fourth-order valence-corrected chi connectivity index (χ4v) is 3.68. The minimum absolute atomic E-state index is 0.148. The summed E-state index contributed by atoms with van der Waals surface area (Å²) in [6, 6.07) is 7.75. The van der Waals surface area contributed by atoms with Gasteiger partial charge in [0.05, 0.1) is 28.4 Å². The summed E-state index contributed by atoms with van der Waals surface area (Å²) in [7, 11) is 2.10. The molecule has 0 bridgehead atoms. The summed E-state index contributed by atoms with van der Waals surface area (Å²) in [6.07, 6.45) is 2.25. The van der Waals surface area contributed by atoms with E-state index in [4.69, 9.17) is 4.42 Å². The van der Waals surface area contributed by atoms with Gasteiger partial charge in [0, 0.05) is 45.2 Å². The Bertz CT molecular complexity index is 1180. The fourth-order valence-electron chi connectivity index (χ4n) is 3.68. The number of carbonyl (C=O) groups is 1. The first-order valence-electron chi connectivity index (χ1n) is 10.4. The third-order valence-corrected chi connectivity index (χ3v) is 5.51. The number of hydrogen-bond acceptors (Lipinski definition) is 8. The van der Waals surface area contributed by atoms with Crippen LogP contribution in [0.2, 0.25) is 0 Å². The van der Waals surface area contributed by atoms with Crippen LogP contribution in [-0.2, 0) is 11.3 Å². The number of piperazine rings is 1. The number of aromatic nitrogens is 2. The van der Waals surface area contributed by atoms with Gasteiger partial charge < -0.3 is 19.5 Å². The van der Waals surface area contributed by atoms with Crippen LogP contribution in [0.3, 0.4) is 0 Å². The van der Waals surface area contributed by atoms with Crippen LogP contribution in [-0.4, -0.2) is 58.5 Å². The maximum atomic E-state index is 12.3. The predicted molar refractivity (Wildman–Crippen MR) is 119 cm³/mol. The number of oxazole rings is 1. The molecule has 1 aliphatic heterocycles. The van der Waals surface area contributed by atoms with E-state index in [-0.39, 0.29) is 30.1 Å². The Morgan fingerprint density at radius 1 is 1.22 bits per heavy atom. The van der Waals surface area contributed by atoms with Gasteiger partial charge in [-0.25, -0.2) is 9.78 Å². The van der Waals surface area contributed by atoms with Gasteiger partial charge in [-0.05, 0) is 31.7 Å². The van der Waals surface area contributed by atoms with Crippen LogP contribution in [0.25, 0.3) is 11.1 Å². The molecule has 0 unspecified atom stereocenters. The summed E-state index contributed by atoms with van der Waals surface area (Å²) in [5.41, 5.74) is 1.08. The molecule has 0 spiro atoms. The first-order valence-corrected chi connectivity index (χ1v) is 10.4. The Balaban J connectivity index is 1.30. The van der Waals surface area contributed by atoms with Crippen molar-refractivity contribution in [3.8, 4) is 0 Å². The van der Waals surface area contributed by atoms with Crippen LogP contribution in [0.4, 0.5) is 17.2 Å². The lowest BCUT2D eigenvalue weighted by atomic mass is 10.2. The first-order chi connectivity index (χ1) is 15.4. The molecule has 3 aromatic rings. The van der Waals surface area contributed by atoms with Gasteiger partial charge in [-0.2, -0.15) is 0 Å². The number of amides is 1. The average molecular weight is 440 g/mol. The number of rotatable bonds is 7. The molecule has 1 fully saturated rings. The van der Waals surface area contributed by atoms with E-state index < -0.39 is 10.7 Å². The Morgan fingerprint density at radius 3 is 2.69 bits per heavy atom. The van der Waals surface area contributed by atoms with E-state index in [1.807, 2.05) is 12.1 Å². The number of hydrogen-bond donors (Lipinski definition) is 1. The smallest absolute Gasteiger partial charge is 0.407 e. The number of fused-ring (bicyclic) bond motifs is 1. The lowest BCUT2D eigenvalue weighted by Crippen LogP contribution is -2.44. The SMILES string of the molecule is CN1CCN(c2ccc(NC(=O)CCCn3c(=O)oc4cc([N+](=O)[O-])ccc43)cn2)CC1. The predicted octanol–water partition coefficient (Wildman–Crippen LogP) is 2.07. The van der Waals surface area contributed by atoms with Gasteiger partial charge in [-0.1, -0.05) is 0 Å². The normalized spacial score (nSPS) is 14.6. The molecule has 32 heavy (non-hydrogen) atoms. The van der Waals surface area contributed by atoms with Gasteiger partial charge in [0.25, 0.3) is 5.69 Å². The Kier molecular flexibility index (Phi) is 6.17. The van der Waals surface area contributed by atoms with Crippen molar-refractivity contribution in [2.24, 2.45) is 0 Å². The van der Waals surface area contributed by atoms with Crippen molar-refractivity contribution in [1.82, 2.24) is 14.5 Å². The number of likely N-dealkylation sites (N-methyl/N-ethyl adjacent to an activating group) is 1. The largest absolute Gasteiger partial charge is 0.419 e. The molecule has 1 aromatic carbocycles. The summed E-state index contributed by atoms with van der Waals surface area (Å²) < 4.78 is 6.47. The molecule has 0 aliphatic carbocycles. The van der Waals surface area contributed by atoms with E-state index in [1.54, 1.807) is 6.20 Å². The number of anilines is 2. The molecule has 4 rings (SSSR count). The molecule has 1 amide bonds. The van der Waals surface area contributed by atoms with E-state index in [0.29, 0.717) is 17.6 Å². The topological polar surface area (TPSA) is 127 Å². The lowest BCUT2D eigenvalue weighted by molar-refractivity contribution is -0.384. The number of nitro groups is 1. The molecule has 3 heterocycles. The highest BCUT2D eigenvalue weighted by Crippen LogP contribution is 2.20. The van der Waals surface area contributed by atoms with Gasteiger partial charge in [0.2, 0.25) is 5.91 Å². The van der Waals surface area contributed by atoms with Crippen LogP contribution in [0, 0.1) is 10.1 Å². The van der Waals surface area contributed by atoms with E-state index in [2.05, 4.69) is 27.1 Å². The van der Waals surface area contributed by atoms with E-state index in [1.165, 1.54) is 22.8 Å². The van der Waals surface area contributed by atoms with Crippen molar-refractivity contribution in [3.63, 3.8) is 0 Å². The van der Waals surface area contributed by atoms with Gasteiger partial charge in [0.15, 0.2) is 5.58 Å². The first kappa shape index (κ1) is 21.5. The summed E-state index contributed by atoms with van der Waals surface area (Å²) in [5.74, 6) is 0.0998. The van der Waals surface area contributed by atoms with Gasteiger partial charge in [-0.3, -0.25) is 19.5 Å². The van der Waals surface area contributed by atoms with Crippen molar-refractivity contribution >= 4 is 34.2 Å². The van der Waals surface area contributed by atoms with Crippen LogP contribution < -0.4 is 16.0 Å². The second-order valence-electron chi connectivity index (χ2n) is 7.78. The second-order valence-corrected chi connectivity index (χ2v) is 7.78. The van der Waals surface area contributed by atoms with Crippen molar-refractivity contribution in [1.29, 1.82) is 0 Å². The zero-order valence-corrected chi connectivity index (χ0v) is 17.7. The van der Waals surface area contributed by atoms with Crippen LogP contribution >= 0.6 is 0 Å². The van der Waals surface area contributed by atoms with Gasteiger partial charge in [-0.15, -0.1) is 0 Å². The third kappa shape index (κ3) is 4.78. The molecule has 0 radical (unpaired) electrons. The van der Waals surface area contributed by atoms with Crippen molar-refractivity contribution in [3.05, 3.63) is 57.2 Å². The highest BCUT2D eigenvalue weighted by atomic mass is 16.6. The van der Waals surface area contributed by atoms with Crippen LogP contribution in [0.5, 0.6) is 0 Å². The Labute approximate surface area is 183 Å². The maximum Gasteiger partial charge on any atom is 0.419 e. The monoisotopic (exact) mass is 440 g/mol. The number of carbonyl (C=O) groups excluding carboxylic acids is 1. The van der Waals surface area contributed by atoms with Crippen molar-refractivity contribution < 1.29 is 14.1 Å². The molecule has 1 saturated heterocycles. The van der Waals surface area contributed by atoms with Crippen molar-refractivity contribution in [2.45, 2.75) is 19.4 Å². The Hall–Kier alpha value is -3.73. The molecule has 1 aliphatic rings. The molecule has 11 heteroatoms. The number of non-ortho nitro benzene ring substituents is 1. The number of nitro benzene ring substituents is 1. The van der Waals surface area contributed by atoms with Gasteiger partial charge in [0.1, 0.15) is 5.82 Å². The Morgan fingerprint density at radius 2 is 2.00 bits per heavy atom. The fraction of sp³-hybridized carbons (Fsp3) is 0.381. The summed E-state index contributed by atoms with van der Waals surface area (Å²) in [6.45, 7) is 4.09. The molecule has 0 saturated carbocycles. The maximum absolute atomic E-state index is 12.3. The molecule has 2 aromatic heterocycles. The zero-order valence-electron chi connectivity index (χ0n) is 17.7. The minimum atomic E-state index is -0.607. The van der Waals surface area contributed by atoms with Crippen LogP contribution in [0.1, 0.15) is 12.8 Å². The molecule has 11 nitrogen and oxygen atoms in total. The molecule has 168 valence electrons. The summed E-state index contributed by atoms with van der Waals surface area (Å²) in [5, 5.41) is 13.7.